The van der Waals surface area contributed by atoms with Crippen molar-refractivity contribution in [3.63, 3.8) is 0 Å². The highest BCUT2D eigenvalue weighted by atomic mass is 19.1. The van der Waals surface area contributed by atoms with Gasteiger partial charge in [0.05, 0.1) is 5.69 Å². The number of aryl methyl sites for hydroxylation is 1. The molecule has 0 spiro atoms. The number of nitrogens with zero attached hydrogens (tertiary/aromatic N) is 4. The van der Waals surface area contributed by atoms with Crippen LogP contribution in [0.3, 0.4) is 0 Å². The molecule has 1 amide bonds. The third kappa shape index (κ3) is 4.20. The SMILES string of the molecule is CCc1cn2cc(CN3CCN(c4ccc(NC(C)=O)nc4F)CC3)cc2[nH]c1=O. The number of anilines is 2. The maximum atomic E-state index is 14.4. The average molecular weight is 412 g/mol. The van der Waals surface area contributed by atoms with E-state index >= 15 is 0 Å². The summed E-state index contributed by atoms with van der Waals surface area (Å²) in [4.78, 5) is 34.1. The number of H-pyrrole nitrogens is 1. The van der Waals surface area contributed by atoms with Gasteiger partial charge in [0, 0.05) is 57.6 Å². The van der Waals surface area contributed by atoms with Crippen LogP contribution in [0.4, 0.5) is 15.9 Å². The monoisotopic (exact) mass is 412 g/mol. The highest BCUT2D eigenvalue weighted by Gasteiger charge is 2.21. The van der Waals surface area contributed by atoms with E-state index in [0.29, 0.717) is 25.2 Å². The van der Waals surface area contributed by atoms with Gasteiger partial charge in [0.2, 0.25) is 11.9 Å². The Kier molecular flexibility index (Phi) is 5.54. The second kappa shape index (κ2) is 8.27. The minimum Gasteiger partial charge on any atom is -0.365 e. The van der Waals surface area contributed by atoms with E-state index in [2.05, 4.69) is 20.2 Å². The molecule has 1 aliphatic rings. The summed E-state index contributed by atoms with van der Waals surface area (Å²) in [6.45, 7) is 7.03. The molecule has 3 aromatic rings. The second-order valence-corrected chi connectivity index (χ2v) is 7.55. The molecule has 2 N–H and O–H groups in total. The van der Waals surface area contributed by atoms with Crippen molar-refractivity contribution < 1.29 is 9.18 Å². The van der Waals surface area contributed by atoms with Gasteiger partial charge in [-0.15, -0.1) is 0 Å². The van der Waals surface area contributed by atoms with E-state index in [9.17, 15) is 14.0 Å². The summed E-state index contributed by atoms with van der Waals surface area (Å²) in [5.41, 5.74) is 3.09. The lowest BCUT2D eigenvalue weighted by atomic mass is 10.2. The van der Waals surface area contributed by atoms with E-state index in [-0.39, 0.29) is 17.3 Å². The fourth-order valence-electron chi connectivity index (χ4n) is 3.82. The van der Waals surface area contributed by atoms with Crippen LogP contribution in [0, 0.1) is 5.95 Å². The minimum atomic E-state index is -0.580. The zero-order valence-corrected chi connectivity index (χ0v) is 17.1. The van der Waals surface area contributed by atoms with Gasteiger partial charge < -0.3 is 19.6 Å². The molecule has 30 heavy (non-hydrogen) atoms. The number of hydrogen-bond acceptors (Lipinski definition) is 5. The van der Waals surface area contributed by atoms with Crippen LogP contribution in [0.5, 0.6) is 0 Å². The number of aromatic nitrogens is 3. The number of aromatic amines is 1. The first-order chi connectivity index (χ1) is 14.4. The van der Waals surface area contributed by atoms with Gasteiger partial charge >= 0.3 is 0 Å². The van der Waals surface area contributed by atoms with Gasteiger partial charge in [-0.3, -0.25) is 14.5 Å². The molecule has 0 saturated carbocycles. The molecule has 9 heteroatoms. The van der Waals surface area contributed by atoms with Crippen LogP contribution < -0.4 is 15.8 Å². The predicted octanol–water partition coefficient (Wildman–Crippen LogP) is 2.00. The first kappa shape index (κ1) is 20.1. The average Bonchev–Trinajstić information content (AvgIpc) is 3.08. The molecule has 0 atom stereocenters. The lowest BCUT2D eigenvalue weighted by molar-refractivity contribution is -0.114. The van der Waals surface area contributed by atoms with Crippen molar-refractivity contribution in [2.75, 3.05) is 36.4 Å². The molecule has 158 valence electrons. The van der Waals surface area contributed by atoms with Crippen molar-refractivity contribution in [1.82, 2.24) is 19.3 Å². The van der Waals surface area contributed by atoms with Crippen molar-refractivity contribution in [2.24, 2.45) is 0 Å². The van der Waals surface area contributed by atoms with Crippen molar-refractivity contribution in [3.05, 3.63) is 58.0 Å². The summed E-state index contributed by atoms with van der Waals surface area (Å²) in [7, 11) is 0. The van der Waals surface area contributed by atoms with E-state index in [4.69, 9.17) is 0 Å². The maximum Gasteiger partial charge on any atom is 0.254 e. The number of fused-ring (bicyclic) bond motifs is 1. The summed E-state index contributed by atoms with van der Waals surface area (Å²) in [6.07, 6.45) is 4.62. The predicted molar refractivity (Wildman–Crippen MR) is 113 cm³/mol. The molecule has 0 bridgehead atoms. The maximum absolute atomic E-state index is 14.4. The number of halogens is 1. The lowest BCUT2D eigenvalue weighted by Gasteiger charge is -2.35. The summed E-state index contributed by atoms with van der Waals surface area (Å²) in [5, 5.41) is 2.49. The largest absolute Gasteiger partial charge is 0.365 e. The quantitative estimate of drug-likeness (QED) is 0.626. The van der Waals surface area contributed by atoms with Gasteiger partial charge in [-0.05, 0) is 30.2 Å². The Bertz CT molecular complexity index is 1130. The Morgan fingerprint density at radius 2 is 2.00 bits per heavy atom. The van der Waals surface area contributed by atoms with Gasteiger partial charge in [-0.25, -0.2) is 4.98 Å². The molecule has 3 aromatic heterocycles. The summed E-state index contributed by atoms with van der Waals surface area (Å²) in [5.74, 6) is -0.645. The van der Waals surface area contributed by atoms with E-state index in [1.54, 1.807) is 12.1 Å². The molecule has 0 unspecified atom stereocenters. The number of nitrogens with one attached hydrogen (secondary N) is 2. The Labute approximate surface area is 173 Å². The van der Waals surface area contributed by atoms with Crippen LogP contribution in [-0.4, -0.2) is 51.4 Å². The van der Waals surface area contributed by atoms with Gasteiger partial charge in [-0.2, -0.15) is 4.39 Å². The molecule has 0 aliphatic carbocycles. The molecule has 0 radical (unpaired) electrons. The molecule has 8 nitrogen and oxygen atoms in total. The van der Waals surface area contributed by atoms with Crippen LogP contribution >= 0.6 is 0 Å². The molecule has 0 aromatic carbocycles. The minimum absolute atomic E-state index is 0.0385. The van der Waals surface area contributed by atoms with Crippen LogP contribution in [0.15, 0.2) is 35.4 Å². The van der Waals surface area contributed by atoms with Crippen LogP contribution in [-0.2, 0) is 17.8 Å². The van der Waals surface area contributed by atoms with Gasteiger partial charge in [-0.1, -0.05) is 6.92 Å². The van der Waals surface area contributed by atoms with Gasteiger partial charge in [0.25, 0.3) is 5.56 Å². The highest BCUT2D eigenvalue weighted by Crippen LogP contribution is 2.22. The number of carbonyl (C=O) groups is 1. The van der Waals surface area contributed by atoms with Crippen molar-refractivity contribution in [1.29, 1.82) is 0 Å². The summed E-state index contributed by atoms with van der Waals surface area (Å²) < 4.78 is 16.4. The Morgan fingerprint density at radius 1 is 1.23 bits per heavy atom. The normalized spacial score (nSPS) is 15.0. The molecule has 4 heterocycles. The van der Waals surface area contributed by atoms with E-state index < -0.39 is 5.95 Å². The summed E-state index contributed by atoms with van der Waals surface area (Å²) in [6, 6.07) is 5.27. The highest BCUT2D eigenvalue weighted by molar-refractivity contribution is 5.87. The Balaban J connectivity index is 1.40. The van der Waals surface area contributed by atoms with Crippen molar-refractivity contribution in [2.45, 2.75) is 26.8 Å². The second-order valence-electron chi connectivity index (χ2n) is 7.55. The first-order valence-corrected chi connectivity index (χ1v) is 10.1. The standard InChI is InChI=1S/C21H25FN6O2/c1-3-16-13-28-12-15(10-19(28)25-21(16)30)11-26-6-8-27(9-7-26)17-4-5-18(23-14(2)29)24-20(17)22/h4-5,10,12-13H,3,6-9,11H2,1-2H3,(H,25,30)(H,23,24,29). The molecule has 4 rings (SSSR count). The lowest BCUT2D eigenvalue weighted by Crippen LogP contribution is -2.46. The number of hydrogen-bond donors (Lipinski definition) is 2. The van der Waals surface area contributed by atoms with Crippen LogP contribution in [0.1, 0.15) is 25.0 Å². The Morgan fingerprint density at radius 3 is 2.67 bits per heavy atom. The molecular formula is C21H25FN6O2. The van der Waals surface area contributed by atoms with Crippen LogP contribution in [0.2, 0.25) is 0 Å². The van der Waals surface area contributed by atoms with E-state index in [0.717, 1.165) is 36.4 Å². The molecular weight excluding hydrogens is 387 g/mol. The zero-order valence-electron chi connectivity index (χ0n) is 17.1. The molecule has 1 saturated heterocycles. The summed E-state index contributed by atoms with van der Waals surface area (Å²) >= 11 is 0. The smallest absolute Gasteiger partial charge is 0.254 e. The number of rotatable bonds is 5. The fraction of sp³-hybridized carbons (Fsp3) is 0.381. The number of pyridine rings is 1. The van der Waals surface area contributed by atoms with E-state index in [1.165, 1.54) is 6.92 Å². The third-order valence-electron chi connectivity index (χ3n) is 5.37. The van der Waals surface area contributed by atoms with Crippen molar-refractivity contribution >= 4 is 23.1 Å². The third-order valence-corrected chi connectivity index (χ3v) is 5.37. The molecule has 1 aliphatic heterocycles. The first-order valence-electron chi connectivity index (χ1n) is 10.1. The van der Waals surface area contributed by atoms with Crippen molar-refractivity contribution in [3.8, 4) is 0 Å². The van der Waals surface area contributed by atoms with Gasteiger partial charge in [0.15, 0.2) is 0 Å². The zero-order chi connectivity index (χ0) is 21.3. The number of carbonyl (C=O) groups excluding carboxylic acids is 1. The number of amides is 1. The van der Waals surface area contributed by atoms with E-state index in [1.807, 2.05) is 34.7 Å². The molecule has 1 fully saturated rings. The Hall–Kier alpha value is -3.20. The van der Waals surface area contributed by atoms with Crippen LogP contribution in [0.25, 0.3) is 5.65 Å². The van der Waals surface area contributed by atoms with Gasteiger partial charge in [0.1, 0.15) is 11.5 Å². The topological polar surface area (TPSA) is 85.7 Å². The fourth-order valence-corrected chi connectivity index (χ4v) is 3.82. The number of piperazine rings is 1.